The monoisotopic (exact) mass is 338 g/mol. The van der Waals surface area contributed by atoms with Crippen molar-refractivity contribution in [2.24, 2.45) is 0 Å². The van der Waals surface area contributed by atoms with Gasteiger partial charge in [-0.2, -0.15) is 0 Å². The van der Waals surface area contributed by atoms with Crippen LogP contribution in [0.4, 0.5) is 0 Å². The second-order valence-electron chi connectivity index (χ2n) is 2.63. The van der Waals surface area contributed by atoms with Gasteiger partial charge in [0.15, 0.2) is 0 Å². The van der Waals surface area contributed by atoms with Crippen LogP contribution in [0, 0.1) is 0 Å². The van der Waals surface area contributed by atoms with Gasteiger partial charge in [0.1, 0.15) is 0 Å². The molecule has 0 aliphatic heterocycles. The molecule has 0 aromatic heterocycles. The van der Waals surface area contributed by atoms with Gasteiger partial charge >= 0.3 is 21.7 Å². The molecule has 0 saturated carbocycles. The van der Waals surface area contributed by atoms with Crippen molar-refractivity contribution in [3.63, 3.8) is 0 Å². The molecule has 2 aromatic rings. The predicted octanol–water partition coefficient (Wildman–Crippen LogP) is -4.15. The van der Waals surface area contributed by atoms with Gasteiger partial charge in [0.2, 0.25) is 0 Å². The molecule has 0 spiro atoms. The number of para-hydroxylation sites is 2. The van der Waals surface area contributed by atoms with Crippen LogP contribution in [0.2, 0.25) is 0 Å². The van der Waals surface area contributed by atoms with Gasteiger partial charge in [-0.3, -0.25) is 0 Å². The molecule has 0 bridgehead atoms. The van der Waals surface area contributed by atoms with E-state index in [-0.39, 0.29) is 70.3 Å². The van der Waals surface area contributed by atoms with Gasteiger partial charge in [-0.25, -0.2) is 0 Å². The summed E-state index contributed by atoms with van der Waals surface area (Å²) in [5, 5.41) is 20.5. The number of hydrogen-bond acceptors (Lipinski definition) is 4. The van der Waals surface area contributed by atoms with Crippen LogP contribution in [-0.4, -0.2) is 0 Å². The Balaban J connectivity index is -0.0000000544. The number of halogens is 2. The molecule has 7 heteroatoms. The van der Waals surface area contributed by atoms with E-state index in [1.54, 1.807) is 24.3 Å². The van der Waals surface area contributed by atoms with E-state index in [9.17, 15) is 10.2 Å². The maximum absolute atomic E-state index is 10.3. The first-order valence-electron chi connectivity index (χ1n) is 4.23. The summed E-state index contributed by atoms with van der Waals surface area (Å²) in [6, 6.07) is 16.7. The first-order valence-corrected chi connectivity index (χ1v) is 4.23. The van der Waals surface area contributed by atoms with Crippen molar-refractivity contribution < 1.29 is 56.7 Å². The Kier molecular flexibility index (Phi) is 31.9. The quantitative estimate of drug-likeness (QED) is 0.474. The van der Waals surface area contributed by atoms with Gasteiger partial charge in [0.05, 0.1) is 0 Å². The van der Waals surface area contributed by atoms with Crippen molar-refractivity contribution in [3.8, 4) is 11.5 Å². The maximum atomic E-state index is 10.3. The van der Waals surface area contributed by atoms with Crippen molar-refractivity contribution in [1.29, 1.82) is 0 Å². The van der Waals surface area contributed by atoms with Gasteiger partial charge in [0, 0.05) is 0 Å². The second kappa shape index (κ2) is 19.6. The van der Waals surface area contributed by atoms with Crippen molar-refractivity contribution >= 4 is 0 Å². The van der Waals surface area contributed by atoms with Crippen LogP contribution in [-0.2, 0) is 21.7 Å². The van der Waals surface area contributed by atoms with E-state index in [0.717, 1.165) is 0 Å². The third kappa shape index (κ3) is 17.3. The Bertz CT molecular complexity index is 329. The second-order valence-corrected chi connectivity index (χ2v) is 2.63. The van der Waals surface area contributed by atoms with Crippen molar-refractivity contribution in [2.75, 3.05) is 0 Å². The minimum absolute atomic E-state index is 0. The smallest absolute Gasteiger partial charge is 1.00 e. The largest absolute Gasteiger partial charge is 4.00 e. The topological polar surface area (TPSA) is 116 Å². The summed E-state index contributed by atoms with van der Waals surface area (Å²) in [7, 11) is 0. The summed E-state index contributed by atoms with van der Waals surface area (Å²) in [6.07, 6.45) is 0. The molecule has 19 heavy (non-hydrogen) atoms. The minimum Gasteiger partial charge on any atom is -1.00 e. The molecular formula is C12H16Cl2N2O2Ti. The Morgan fingerprint density at radius 1 is 0.526 bits per heavy atom. The first-order chi connectivity index (χ1) is 6.79. The van der Waals surface area contributed by atoms with E-state index >= 15 is 0 Å². The van der Waals surface area contributed by atoms with E-state index in [0.29, 0.717) is 0 Å². The van der Waals surface area contributed by atoms with Gasteiger partial charge in [-0.15, -0.1) is 11.5 Å². The Morgan fingerprint density at radius 3 is 0.842 bits per heavy atom. The summed E-state index contributed by atoms with van der Waals surface area (Å²) >= 11 is 0. The number of rotatable bonds is 0. The van der Waals surface area contributed by atoms with E-state index < -0.39 is 0 Å². The van der Waals surface area contributed by atoms with Crippen molar-refractivity contribution in [3.05, 3.63) is 60.7 Å². The molecule has 0 radical (unpaired) electrons. The number of benzene rings is 2. The van der Waals surface area contributed by atoms with E-state index in [4.69, 9.17) is 0 Å². The van der Waals surface area contributed by atoms with E-state index in [2.05, 4.69) is 0 Å². The first kappa shape index (κ1) is 30.9. The van der Waals surface area contributed by atoms with Crippen LogP contribution in [0.3, 0.4) is 0 Å². The van der Waals surface area contributed by atoms with Gasteiger partial charge in [-0.1, -0.05) is 60.7 Å². The minimum atomic E-state index is 0. The summed E-state index contributed by atoms with van der Waals surface area (Å²) in [6.45, 7) is 0. The molecule has 0 amide bonds. The van der Waals surface area contributed by atoms with Crippen molar-refractivity contribution in [2.45, 2.75) is 0 Å². The average Bonchev–Trinajstić information content (AvgIpc) is 2.21. The van der Waals surface area contributed by atoms with Crippen LogP contribution in [0.1, 0.15) is 0 Å². The third-order valence-corrected chi connectivity index (χ3v) is 1.49. The van der Waals surface area contributed by atoms with Gasteiger partial charge in [0.25, 0.3) is 0 Å². The molecule has 0 unspecified atom stereocenters. The molecule has 0 aliphatic carbocycles. The molecule has 104 valence electrons. The Labute approximate surface area is 141 Å². The number of hydrogen-bond donors (Lipinski definition) is 2. The van der Waals surface area contributed by atoms with Crippen molar-refractivity contribution in [1.82, 2.24) is 12.3 Å². The average molecular weight is 339 g/mol. The fourth-order valence-corrected chi connectivity index (χ4v) is 0.841. The van der Waals surface area contributed by atoms with Gasteiger partial charge in [-0.05, 0) is 0 Å². The molecule has 2 aromatic carbocycles. The Hall–Kier alpha value is -0.746. The van der Waals surface area contributed by atoms with Crippen LogP contribution in [0.15, 0.2) is 60.7 Å². The molecule has 4 nitrogen and oxygen atoms in total. The van der Waals surface area contributed by atoms with Gasteiger partial charge < -0.3 is 47.3 Å². The summed E-state index contributed by atoms with van der Waals surface area (Å²) in [4.78, 5) is 0. The van der Waals surface area contributed by atoms with Crippen LogP contribution >= 0.6 is 0 Å². The van der Waals surface area contributed by atoms with Crippen LogP contribution in [0.5, 0.6) is 11.5 Å². The van der Waals surface area contributed by atoms with E-state index in [1.807, 2.05) is 12.1 Å². The van der Waals surface area contributed by atoms with Crippen LogP contribution < -0.4 is 47.3 Å². The standard InChI is InChI=1S/2C6H6O.2ClH.2H3N.Ti/c2*7-6-4-2-1-3-5-6;;;;;/h2*1-5,7H;2*1H;2*1H3;/q;;;;;;+4/p-4. The molecule has 0 saturated heterocycles. The normalized spacial score (nSPS) is 6.32. The SMILES string of the molecule is N.N.[Cl-].[Cl-].[O-]c1ccccc1.[O-]c1ccccc1.[Ti+4]. The summed E-state index contributed by atoms with van der Waals surface area (Å²) in [5.41, 5.74) is 0. The van der Waals surface area contributed by atoms with E-state index in [1.165, 1.54) is 24.3 Å². The molecule has 0 aliphatic rings. The molecule has 0 atom stereocenters. The Morgan fingerprint density at radius 2 is 0.737 bits per heavy atom. The zero-order chi connectivity index (χ0) is 10.2. The zero-order valence-corrected chi connectivity index (χ0v) is 13.3. The molecule has 6 N–H and O–H groups in total. The molecular weight excluding hydrogens is 323 g/mol. The van der Waals surface area contributed by atoms with Crippen LogP contribution in [0.25, 0.3) is 0 Å². The zero-order valence-electron chi connectivity index (χ0n) is 10.3. The molecule has 0 heterocycles. The predicted molar refractivity (Wildman–Crippen MR) is 61.8 cm³/mol. The molecule has 2 rings (SSSR count). The summed E-state index contributed by atoms with van der Waals surface area (Å²) in [5.74, 6) is 0.144. The maximum Gasteiger partial charge on any atom is 4.00 e. The molecule has 0 fully saturated rings. The third-order valence-electron chi connectivity index (χ3n) is 1.49. The summed E-state index contributed by atoms with van der Waals surface area (Å²) < 4.78 is 0. The fraction of sp³-hybridized carbons (Fsp3) is 0. The fourth-order valence-electron chi connectivity index (χ4n) is 0.841.